The molecule has 0 radical (unpaired) electrons. The van der Waals surface area contributed by atoms with E-state index in [1.807, 2.05) is 12.1 Å². The molecule has 0 aliphatic carbocycles. The minimum atomic E-state index is -0.474. The smallest absolute Gasteiger partial charge is 0.129 e. The summed E-state index contributed by atoms with van der Waals surface area (Å²) >= 11 is 12.2. The fourth-order valence-corrected chi connectivity index (χ4v) is 2.71. The van der Waals surface area contributed by atoms with Crippen molar-refractivity contribution in [1.29, 1.82) is 5.26 Å². The standard InChI is InChI=1S/C15H8Cl2FN3/c16-7-14-20-12-3-1-2-11(17)15(12)21(14)13-5-4-10(18)6-9(13)8-19/h1-6H,7H2. The Labute approximate surface area is 130 Å². The molecule has 6 heteroatoms. The van der Waals surface area contributed by atoms with Gasteiger partial charge in [-0.2, -0.15) is 5.26 Å². The van der Waals surface area contributed by atoms with Gasteiger partial charge >= 0.3 is 0 Å². The summed E-state index contributed by atoms with van der Waals surface area (Å²) in [6.07, 6.45) is 0. The first kappa shape index (κ1) is 13.9. The molecule has 0 atom stereocenters. The molecule has 0 aliphatic rings. The fraction of sp³-hybridized carbons (Fsp3) is 0.0667. The molecule has 0 amide bonds. The molecule has 0 fully saturated rings. The summed E-state index contributed by atoms with van der Waals surface area (Å²) in [6.45, 7) is 0. The number of imidazole rings is 1. The van der Waals surface area contributed by atoms with Crippen molar-refractivity contribution in [1.82, 2.24) is 9.55 Å². The zero-order valence-electron chi connectivity index (χ0n) is 10.6. The van der Waals surface area contributed by atoms with Crippen LogP contribution in [0.2, 0.25) is 5.02 Å². The monoisotopic (exact) mass is 319 g/mol. The molecule has 2 aromatic carbocycles. The van der Waals surface area contributed by atoms with E-state index < -0.39 is 5.82 Å². The van der Waals surface area contributed by atoms with Crippen molar-refractivity contribution in [3.8, 4) is 11.8 Å². The lowest BCUT2D eigenvalue weighted by Crippen LogP contribution is -2.02. The second kappa shape index (κ2) is 5.36. The van der Waals surface area contributed by atoms with E-state index in [1.54, 1.807) is 16.7 Å². The molecule has 0 bridgehead atoms. The van der Waals surface area contributed by atoms with Gasteiger partial charge in [0, 0.05) is 0 Å². The van der Waals surface area contributed by atoms with Gasteiger partial charge in [0.15, 0.2) is 0 Å². The molecule has 1 heterocycles. The summed E-state index contributed by atoms with van der Waals surface area (Å²) in [4.78, 5) is 4.41. The summed E-state index contributed by atoms with van der Waals surface area (Å²) in [5, 5.41) is 9.72. The highest BCUT2D eigenvalue weighted by atomic mass is 35.5. The van der Waals surface area contributed by atoms with Gasteiger partial charge in [0.25, 0.3) is 0 Å². The molecule has 0 aliphatic heterocycles. The van der Waals surface area contributed by atoms with E-state index in [2.05, 4.69) is 4.98 Å². The second-order valence-electron chi connectivity index (χ2n) is 4.38. The van der Waals surface area contributed by atoms with Crippen LogP contribution in [-0.4, -0.2) is 9.55 Å². The molecule has 3 aromatic rings. The lowest BCUT2D eigenvalue weighted by molar-refractivity contribution is 0.627. The average molecular weight is 320 g/mol. The average Bonchev–Trinajstić information content (AvgIpc) is 2.87. The second-order valence-corrected chi connectivity index (χ2v) is 5.05. The number of para-hydroxylation sites is 1. The first-order valence-electron chi connectivity index (χ1n) is 6.07. The van der Waals surface area contributed by atoms with Crippen molar-refractivity contribution >= 4 is 34.2 Å². The van der Waals surface area contributed by atoms with Gasteiger partial charge in [-0.15, -0.1) is 11.6 Å². The van der Waals surface area contributed by atoms with Crippen molar-refractivity contribution in [3.05, 3.63) is 58.6 Å². The van der Waals surface area contributed by atoms with Crippen molar-refractivity contribution in [2.24, 2.45) is 0 Å². The van der Waals surface area contributed by atoms with Crippen LogP contribution in [0.5, 0.6) is 0 Å². The number of nitrogens with zero attached hydrogens (tertiary/aromatic N) is 3. The van der Waals surface area contributed by atoms with Gasteiger partial charge < -0.3 is 0 Å². The zero-order valence-corrected chi connectivity index (χ0v) is 12.2. The zero-order chi connectivity index (χ0) is 15.0. The normalized spacial score (nSPS) is 10.8. The number of alkyl halides is 1. The maximum atomic E-state index is 13.3. The molecule has 0 spiro atoms. The van der Waals surface area contributed by atoms with Crippen molar-refractivity contribution in [2.75, 3.05) is 0 Å². The quantitative estimate of drug-likeness (QED) is 0.656. The van der Waals surface area contributed by atoms with Crippen molar-refractivity contribution in [3.63, 3.8) is 0 Å². The van der Waals surface area contributed by atoms with E-state index in [0.717, 1.165) is 0 Å². The van der Waals surface area contributed by atoms with Crippen molar-refractivity contribution in [2.45, 2.75) is 5.88 Å². The minimum absolute atomic E-state index is 0.146. The third-order valence-corrected chi connectivity index (χ3v) is 3.68. The van der Waals surface area contributed by atoms with E-state index in [4.69, 9.17) is 23.2 Å². The Morgan fingerprint density at radius 1 is 1.29 bits per heavy atom. The van der Waals surface area contributed by atoms with Crippen LogP contribution < -0.4 is 0 Å². The molecule has 0 saturated heterocycles. The summed E-state index contributed by atoms with van der Waals surface area (Å²) in [5.74, 6) is 0.217. The van der Waals surface area contributed by atoms with E-state index in [9.17, 15) is 9.65 Å². The molecule has 3 nitrogen and oxygen atoms in total. The van der Waals surface area contributed by atoms with Gasteiger partial charge in [-0.25, -0.2) is 9.37 Å². The molecule has 1 aromatic heterocycles. The molecular formula is C15H8Cl2FN3. The number of benzene rings is 2. The summed E-state index contributed by atoms with van der Waals surface area (Å²) < 4.78 is 15.0. The van der Waals surface area contributed by atoms with E-state index >= 15 is 0 Å². The Hall–Kier alpha value is -2.09. The highest BCUT2D eigenvalue weighted by molar-refractivity contribution is 6.35. The molecule has 21 heavy (non-hydrogen) atoms. The van der Waals surface area contributed by atoms with Crippen LogP contribution in [-0.2, 0) is 5.88 Å². The Bertz CT molecular complexity index is 880. The summed E-state index contributed by atoms with van der Waals surface area (Å²) in [6, 6.07) is 11.3. The van der Waals surface area contributed by atoms with E-state index in [-0.39, 0.29) is 11.4 Å². The van der Waals surface area contributed by atoms with Crippen LogP contribution >= 0.6 is 23.2 Å². The number of aromatic nitrogens is 2. The SMILES string of the molecule is N#Cc1cc(F)ccc1-n1c(CCl)nc2cccc(Cl)c21. The van der Waals surface area contributed by atoms with Gasteiger partial charge in [0.1, 0.15) is 17.7 Å². The third-order valence-electron chi connectivity index (χ3n) is 3.14. The lowest BCUT2D eigenvalue weighted by atomic mass is 10.2. The number of rotatable bonds is 2. The molecule has 0 unspecified atom stereocenters. The van der Waals surface area contributed by atoms with E-state index in [0.29, 0.717) is 27.6 Å². The van der Waals surface area contributed by atoms with Crippen molar-refractivity contribution < 1.29 is 4.39 Å². The number of nitriles is 1. The Kier molecular flexibility index (Phi) is 3.54. The highest BCUT2D eigenvalue weighted by Gasteiger charge is 2.17. The molecular weight excluding hydrogens is 312 g/mol. The number of halogens is 3. The summed E-state index contributed by atoms with van der Waals surface area (Å²) in [7, 11) is 0. The minimum Gasteiger partial charge on any atom is -0.292 e. The summed E-state index contributed by atoms with van der Waals surface area (Å²) in [5.41, 5.74) is 2.02. The number of fused-ring (bicyclic) bond motifs is 1. The van der Waals surface area contributed by atoms with Gasteiger partial charge in [-0.05, 0) is 30.3 Å². The molecule has 3 rings (SSSR count). The van der Waals surface area contributed by atoms with Crippen LogP contribution in [0.25, 0.3) is 16.7 Å². The van der Waals surface area contributed by atoms with Crippen LogP contribution in [0.1, 0.15) is 11.4 Å². The van der Waals surface area contributed by atoms with Crippen LogP contribution in [0, 0.1) is 17.1 Å². The van der Waals surface area contributed by atoms with Gasteiger partial charge in [0.05, 0.1) is 33.2 Å². The van der Waals surface area contributed by atoms with Gasteiger partial charge in [-0.1, -0.05) is 17.7 Å². The predicted molar refractivity (Wildman–Crippen MR) is 80.3 cm³/mol. The van der Waals surface area contributed by atoms with Gasteiger partial charge in [-0.3, -0.25) is 4.57 Å². The number of hydrogen-bond donors (Lipinski definition) is 0. The largest absolute Gasteiger partial charge is 0.292 e. The molecule has 0 saturated carbocycles. The molecule has 0 N–H and O–H groups in total. The third kappa shape index (κ3) is 2.25. The maximum absolute atomic E-state index is 13.3. The predicted octanol–water partition coefficient (Wildman–Crippen LogP) is 4.43. The first-order valence-corrected chi connectivity index (χ1v) is 6.98. The maximum Gasteiger partial charge on any atom is 0.129 e. The van der Waals surface area contributed by atoms with Crippen LogP contribution in [0.15, 0.2) is 36.4 Å². The Morgan fingerprint density at radius 2 is 2.10 bits per heavy atom. The molecule has 104 valence electrons. The topological polar surface area (TPSA) is 41.6 Å². The van der Waals surface area contributed by atoms with Crippen LogP contribution in [0.4, 0.5) is 4.39 Å². The Morgan fingerprint density at radius 3 is 2.81 bits per heavy atom. The van der Waals surface area contributed by atoms with Gasteiger partial charge in [0.2, 0.25) is 0 Å². The number of hydrogen-bond acceptors (Lipinski definition) is 2. The highest BCUT2D eigenvalue weighted by Crippen LogP contribution is 2.30. The van der Waals surface area contributed by atoms with E-state index in [1.165, 1.54) is 18.2 Å². The fourth-order valence-electron chi connectivity index (χ4n) is 2.28. The Balaban J connectivity index is 2.42. The van der Waals surface area contributed by atoms with Crippen LogP contribution in [0.3, 0.4) is 0 Å². The lowest BCUT2D eigenvalue weighted by Gasteiger charge is -2.10. The first-order chi connectivity index (χ1) is 10.2.